The number of carbonyl (C=O) groups is 1. The Bertz CT molecular complexity index is 872. The number of fused-ring (bicyclic) bond motifs is 1. The fourth-order valence-corrected chi connectivity index (χ4v) is 2.33. The Kier molecular flexibility index (Phi) is 3.92. The Labute approximate surface area is 133 Å². The van der Waals surface area contributed by atoms with Gasteiger partial charge in [0.25, 0.3) is 5.78 Å². The van der Waals surface area contributed by atoms with E-state index in [1.54, 1.807) is 23.8 Å². The summed E-state index contributed by atoms with van der Waals surface area (Å²) in [6.07, 6.45) is 0.0824. The minimum Gasteiger partial charge on any atom is -0.497 e. The zero-order valence-corrected chi connectivity index (χ0v) is 13.2. The first-order chi connectivity index (χ1) is 11.0. The number of methoxy groups -OCH3 is 1. The molecule has 1 amide bonds. The zero-order chi connectivity index (χ0) is 16.4. The van der Waals surface area contributed by atoms with Gasteiger partial charge in [0.15, 0.2) is 5.82 Å². The van der Waals surface area contributed by atoms with Crippen LogP contribution in [-0.2, 0) is 11.2 Å². The minimum atomic E-state index is -0.191. The van der Waals surface area contributed by atoms with Crippen molar-refractivity contribution in [2.75, 3.05) is 12.4 Å². The lowest BCUT2D eigenvalue weighted by Crippen LogP contribution is -2.15. The SMILES string of the molecule is COc1cccc(NC(=O)Cc2nc3nc(C)cc(C)n3n2)c1. The van der Waals surface area contributed by atoms with Gasteiger partial charge in [-0.2, -0.15) is 4.98 Å². The Morgan fingerprint density at radius 2 is 2.09 bits per heavy atom. The number of benzene rings is 1. The number of nitrogens with one attached hydrogen (secondary N) is 1. The molecule has 7 heteroatoms. The number of ether oxygens (including phenoxy) is 1. The van der Waals surface area contributed by atoms with Crippen LogP contribution < -0.4 is 10.1 Å². The molecule has 118 valence electrons. The Morgan fingerprint density at radius 3 is 2.87 bits per heavy atom. The van der Waals surface area contributed by atoms with E-state index < -0.39 is 0 Å². The Balaban J connectivity index is 1.76. The number of hydrogen-bond acceptors (Lipinski definition) is 5. The second-order valence-electron chi connectivity index (χ2n) is 5.24. The molecule has 0 aliphatic heterocycles. The molecule has 0 unspecified atom stereocenters. The molecule has 2 aromatic heterocycles. The van der Waals surface area contributed by atoms with Crippen molar-refractivity contribution in [1.82, 2.24) is 19.6 Å². The van der Waals surface area contributed by atoms with Crippen LogP contribution in [-0.4, -0.2) is 32.6 Å². The van der Waals surface area contributed by atoms with Gasteiger partial charge >= 0.3 is 0 Å². The minimum absolute atomic E-state index is 0.0824. The molecule has 2 heterocycles. The Morgan fingerprint density at radius 1 is 1.26 bits per heavy atom. The summed E-state index contributed by atoms with van der Waals surface area (Å²) in [6.45, 7) is 3.83. The summed E-state index contributed by atoms with van der Waals surface area (Å²) < 4.78 is 6.77. The summed E-state index contributed by atoms with van der Waals surface area (Å²) in [5.41, 5.74) is 2.47. The van der Waals surface area contributed by atoms with Crippen LogP contribution in [0.1, 0.15) is 17.2 Å². The van der Waals surface area contributed by atoms with Crippen LogP contribution in [0.5, 0.6) is 5.75 Å². The topological polar surface area (TPSA) is 81.4 Å². The number of hydrogen-bond donors (Lipinski definition) is 1. The number of amides is 1. The largest absolute Gasteiger partial charge is 0.497 e. The maximum atomic E-state index is 12.1. The smallest absolute Gasteiger partial charge is 0.252 e. The first kappa shape index (κ1) is 15.0. The van der Waals surface area contributed by atoms with Crippen molar-refractivity contribution in [2.24, 2.45) is 0 Å². The van der Waals surface area contributed by atoms with E-state index in [0.717, 1.165) is 11.4 Å². The lowest BCUT2D eigenvalue weighted by molar-refractivity contribution is -0.115. The van der Waals surface area contributed by atoms with Gasteiger partial charge in [-0.15, -0.1) is 5.10 Å². The van der Waals surface area contributed by atoms with Crippen LogP contribution in [0.2, 0.25) is 0 Å². The third-order valence-corrected chi connectivity index (χ3v) is 3.33. The number of anilines is 1. The number of aromatic nitrogens is 4. The van der Waals surface area contributed by atoms with E-state index >= 15 is 0 Å². The molecule has 0 spiro atoms. The molecule has 0 atom stereocenters. The van der Waals surface area contributed by atoms with E-state index in [-0.39, 0.29) is 12.3 Å². The molecular formula is C16H17N5O2. The fourth-order valence-electron chi connectivity index (χ4n) is 2.33. The molecule has 1 N–H and O–H groups in total. The van der Waals surface area contributed by atoms with Crippen LogP contribution in [0.4, 0.5) is 5.69 Å². The highest BCUT2D eigenvalue weighted by Crippen LogP contribution is 2.16. The van der Waals surface area contributed by atoms with Crippen LogP contribution in [0, 0.1) is 13.8 Å². The molecular weight excluding hydrogens is 294 g/mol. The summed E-state index contributed by atoms with van der Waals surface area (Å²) >= 11 is 0. The number of nitrogens with zero attached hydrogens (tertiary/aromatic N) is 4. The molecule has 3 rings (SSSR count). The van der Waals surface area contributed by atoms with Crippen molar-refractivity contribution >= 4 is 17.4 Å². The van der Waals surface area contributed by atoms with Gasteiger partial charge < -0.3 is 10.1 Å². The highest BCUT2D eigenvalue weighted by Gasteiger charge is 2.12. The van der Waals surface area contributed by atoms with Gasteiger partial charge in [-0.25, -0.2) is 9.50 Å². The normalized spacial score (nSPS) is 10.7. The third kappa shape index (κ3) is 3.28. The van der Waals surface area contributed by atoms with Gasteiger partial charge in [-0.3, -0.25) is 4.79 Å². The van der Waals surface area contributed by atoms with Crippen LogP contribution in [0.3, 0.4) is 0 Å². The second kappa shape index (κ2) is 6.04. The molecule has 0 aliphatic rings. The summed E-state index contributed by atoms with van der Waals surface area (Å²) in [4.78, 5) is 20.8. The van der Waals surface area contributed by atoms with Crippen molar-refractivity contribution in [3.05, 3.63) is 47.5 Å². The van der Waals surface area contributed by atoms with Crippen molar-refractivity contribution in [2.45, 2.75) is 20.3 Å². The summed E-state index contributed by atoms with van der Waals surface area (Å²) in [5, 5.41) is 7.13. The van der Waals surface area contributed by atoms with E-state index in [4.69, 9.17) is 4.74 Å². The van der Waals surface area contributed by atoms with Crippen molar-refractivity contribution in [3.63, 3.8) is 0 Å². The fraction of sp³-hybridized carbons (Fsp3) is 0.250. The lowest BCUT2D eigenvalue weighted by atomic mass is 10.3. The molecule has 0 bridgehead atoms. The molecule has 1 aromatic carbocycles. The van der Waals surface area contributed by atoms with Crippen LogP contribution in [0.15, 0.2) is 30.3 Å². The first-order valence-electron chi connectivity index (χ1n) is 7.19. The molecule has 0 aliphatic carbocycles. The predicted molar refractivity (Wildman–Crippen MR) is 85.6 cm³/mol. The summed E-state index contributed by atoms with van der Waals surface area (Å²) in [7, 11) is 1.58. The molecule has 23 heavy (non-hydrogen) atoms. The molecule has 0 fully saturated rings. The van der Waals surface area contributed by atoms with Gasteiger partial charge in [0.2, 0.25) is 5.91 Å². The van der Waals surface area contributed by atoms with Crippen LogP contribution in [0.25, 0.3) is 5.78 Å². The Hall–Kier alpha value is -2.96. The van der Waals surface area contributed by atoms with Crippen LogP contribution >= 0.6 is 0 Å². The highest BCUT2D eigenvalue weighted by molar-refractivity contribution is 5.92. The third-order valence-electron chi connectivity index (χ3n) is 3.33. The first-order valence-corrected chi connectivity index (χ1v) is 7.19. The highest BCUT2D eigenvalue weighted by atomic mass is 16.5. The average molecular weight is 311 g/mol. The molecule has 0 saturated heterocycles. The number of carbonyl (C=O) groups excluding carboxylic acids is 1. The maximum Gasteiger partial charge on any atom is 0.252 e. The predicted octanol–water partition coefficient (Wildman–Crippen LogP) is 1.93. The summed E-state index contributed by atoms with van der Waals surface area (Å²) in [5.74, 6) is 1.44. The molecule has 7 nitrogen and oxygen atoms in total. The lowest BCUT2D eigenvalue weighted by Gasteiger charge is -2.05. The van der Waals surface area contributed by atoms with E-state index in [2.05, 4.69) is 20.4 Å². The molecule has 0 radical (unpaired) electrons. The standard InChI is InChI=1S/C16H17N5O2/c1-10-7-11(2)21-16(17-10)19-14(20-21)9-15(22)18-12-5-4-6-13(8-12)23-3/h4-8H,9H2,1-3H3,(H,18,22). The monoisotopic (exact) mass is 311 g/mol. The number of aryl methyl sites for hydroxylation is 2. The van der Waals surface area contributed by atoms with E-state index in [9.17, 15) is 4.79 Å². The maximum absolute atomic E-state index is 12.1. The van der Waals surface area contributed by atoms with E-state index in [1.807, 2.05) is 32.0 Å². The van der Waals surface area contributed by atoms with Crippen molar-refractivity contribution < 1.29 is 9.53 Å². The molecule has 0 saturated carbocycles. The summed E-state index contributed by atoms with van der Waals surface area (Å²) in [6, 6.07) is 9.10. The second-order valence-corrected chi connectivity index (χ2v) is 5.24. The van der Waals surface area contributed by atoms with E-state index in [0.29, 0.717) is 23.0 Å². The van der Waals surface area contributed by atoms with Gasteiger partial charge in [-0.05, 0) is 32.0 Å². The van der Waals surface area contributed by atoms with Gasteiger partial charge in [-0.1, -0.05) is 6.07 Å². The quantitative estimate of drug-likeness (QED) is 0.796. The van der Waals surface area contributed by atoms with Crippen molar-refractivity contribution in [3.8, 4) is 5.75 Å². The zero-order valence-electron chi connectivity index (χ0n) is 13.2. The molecule has 3 aromatic rings. The van der Waals surface area contributed by atoms with Gasteiger partial charge in [0, 0.05) is 23.1 Å². The van der Waals surface area contributed by atoms with Gasteiger partial charge in [0.1, 0.15) is 5.75 Å². The average Bonchev–Trinajstić information content (AvgIpc) is 2.89. The van der Waals surface area contributed by atoms with Crippen molar-refractivity contribution in [1.29, 1.82) is 0 Å². The van der Waals surface area contributed by atoms with E-state index in [1.165, 1.54) is 0 Å². The van der Waals surface area contributed by atoms with Gasteiger partial charge in [0.05, 0.1) is 13.5 Å². The number of rotatable bonds is 4.